The Morgan fingerprint density at radius 1 is 1.18 bits per heavy atom. The molecule has 0 saturated carbocycles. The van der Waals surface area contributed by atoms with Crippen molar-refractivity contribution in [3.8, 4) is 11.6 Å². The van der Waals surface area contributed by atoms with Gasteiger partial charge in [0.25, 0.3) is 0 Å². The Kier molecular flexibility index (Phi) is 2.94. The predicted octanol–water partition coefficient (Wildman–Crippen LogP) is 4.09. The van der Waals surface area contributed by atoms with Gasteiger partial charge in [-0.05, 0) is 52.2 Å². The molecule has 3 nitrogen and oxygen atoms in total. The summed E-state index contributed by atoms with van der Waals surface area (Å²) < 4.78 is 7.90. The summed E-state index contributed by atoms with van der Waals surface area (Å²) in [6, 6.07) is 9.84. The minimum Gasteiger partial charge on any atom is -0.437 e. The molecule has 3 aromatic rings. The lowest BCUT2D eigenvalue weighted by molar-refractivity contribution is 0.468. The zero-order valence-electron chi connectivity index (χ0n) is 8.63. The summed E-state index contributed by atoms with van der Waals surface area (Å²) in [5, 5.41) is 1.99. The maximum absolute atomic E-state index is 5.79. The number of benzene rings is 1. The van der Waals surface area contributed by atoms with E-state index in [1.54, 1.807) is 11.3 Å². The molecule has 0 radical (unpaired) electrons. The van der Waals surface area contributed by atoms with Crippen molar-refractivity contribution in [2.24, 2.45) is 0 Å². The molecular weight excluding hydrogens is 347 g/mol. The number of nitrogens with zero attached hydrogens (tertiary/aromatic N) is 2. The van der Waals surface area contributed by atoms with Crippen LogP contribution in [0.4, 0.5) is 0 Å². The molecule has 0 aliphatic rings. The fourth-order valence-electron chi connectivity index (χ4n) is 1.48. The van der Waals surface area contributed by atoms with Gasteiger partial charge in [0.1, 0.15) is 16.8 Å². The van der Waals surface area contributed by atoms with E-state index in [1.807, 2.05) is 35.7 Å². The molecule has 3 rings (SSSR count). The number of fused-ring (bicyclic) bond motifs is 1. The average Bonchev–Trinajstić information content (AvgIpc) is 2.78. The zero-order valence-corrected chi connectivity index (χ0v) is 11.6. The second-order valence-corrected chi connectivity index (χ2v) is 5.53. The van der Waals surface area contributed by atoms with Crippen LogP contribution in [0.5, 0.6) is 11.6 Å². The predicted molar refractivity (Wildman–Crippen MR) is 76.6 cm³/mol. The number of halogens is 1. The molecule has 84 valence electrons. The van der Waals surface area contributed by atoms with Crippen LogP contribution in [0.25, 0.3) is 10.2 Å². The van der Waals surface area contributed by atoms with Gasteiger partial charge in [-0.25, -0.2) is 9.97 Å². The molecule has 0 spiro atoms. The van der Waals surface area contributed by atoms with Crippen LogP contribution in [0, 0.1) is 3.57 Å². The fraction of sp³-hybridized carbons (Fsp3) is 0. The zero-order chi connectivity index (χ0) is 11.7. The number of thiophene rings is 1. The minimum atomic E-state index is 0.618. The van der Waals surface area contributed by atoms with Gasteiger partial charge in [-0.1, -0.05) is 6.07 Å². The Morgan fingerprint density at radius 2 is 2.12 bits per heavy atom. The van der Waals surface area contributed by atoms with Crippen molar-refractivity contribution in [2.45, 2.75) is 0 Å². The Bertz CT molecular complexity index is 668. The van der Waals surface area contributed by atoms with Crippen molar-refractivity contribution in [1.29, 1.82) is 0 Å². The van der Waals surface area contributed by atoms with Gasteiger partial charge in [0.15, 0.2) is 0 Å². The highest BCUT2D eigenvalue weighted by Crippen LogP contribution is 2.30. The molecule has 5 heteroatoms. The van der Waals surface area contributed by atoms with Crippen LogP contribution in [0.15, 0.2) is 42.0 Å². The van der Waals surface area contributed by atoms with Gasteiger partial charge in [-0.15, -0.1) is 11.3 Å². The van der Waals surface area contributed by atoms with Gasteiger partial charge in [0.2, 0.25) is 5.88 Å². The first kappa shape index (κ1) is 10.9. The third kappa shape index (κ3) is 2.25. The molecule has 0 saturated heterocycles. The number of rotatable bonds is 2. The molecule has 0 N–H and O–H groups in total. The summed E-state index contributed by atoms with van der Waals surface area (Å²) in [5.41, 5.74) is 0.922. The lowest BCUT2D eigenvalue weighted by atomic mass is 10.3. The Balaban J connectivity index is 2.02. The molecule has 0 aliphatic heterocycles. The van der Waals surface area contributed by atoms with E-state index in [4.69, 9.17) is 4.74 Å². The van der Waals surface area contributed by atoms with Crippen LogP contribution in [0.2, 0.25) is 0 Å². The van der Waals surface area contributed by atoms with E-state index >= 15 is 0 Å². The first-order chi connectivity index (χ1) is 8.33. The Labute approximate surface area is 116 Å². The summed E-state index contributed by atoms with van der Waals surface area (Å²) in [4.78, 5) is 8.36. The van der Waals surface area contributed by atoms with E-state index in [0.717, 1.165) is 19.5 Å². The molecular formula is C12H7IN2OS. The Hall–Kier alpha value is -1.21. The highest BCUT2D eigenvalue weighted by atomic mass is 127. The van der Waals surface area contributed by atoms with Crippen LogP contribution in [-0.4, -0.2) is 9.97 Å². The van der Waals surface area contributed by atoms with Crippen LogP contribution in [0.3, 0.4) is 0 Å². The van der Waals surface area contributed by atoms with E-state index in [9.17, 15) is 0 Å². The van der Waals surface area contributed by atoms with Crippen molar-refractivity contribution < 1.29 is 4.74 Å². The highest BCUT2D eigenvalue weighted by Gasteiger charge is 2.07. The quantitative estimate of drug-likeness (QED) is 0.651. The third-order valence-corrected chi connectivity index (χ3v) is 3.78. The summed E-state index contributed by atoms with van der Waals surface area (Å²) in [5.74, 6) is 1.41. The van der Waals surface area contributed by atoms with E-state index in [2.05, 4.69) is 32.6 Å². The van der Waals surface area contributed by atoms with Crippen molar-refractivity contribution in [1.82, 2.24) is 9.97 Å². The minimum absolute atomic E-state index is 0.618. The first-order valence-corrected chi connectivity index (χ1v) is 6.90. The van der Waals surface area contributed by atoms with Gasteiger partial charge in [0.05, 0.1) is 5.52 Å². The van der Waals surface area contributed by atoms with Crippen LogP contribution in [-0.2, 0) is 0 Å². The SMILES string of the molecule is Ic1cccc(Oc2ncnc3ccsc23)c1. The standard InChI is InChI=1S/C12H7IN2OS/c13-8-2-1-3-9(6-8)16-12-11-10(4-5-17-11)14-7-15-12/h1-7H. The third-order valence-electron chi connectivity index (χ3n) is 2.22. The van der Waals surface area contributed by atoms with Gasteiger partial charge < -0.3 is 4.74 Å². The van der Waals surface area contributed by atoms with E-state index in [1.165, 1.54) is 6.33 Å². The van der Waals surface area contributed by atoms with E-state index in [-0.39, 0.29) is 0 Å². The number of ether oxygens (including phenoxy) is 1. The molecule has 0 amide bonds. The summed E-state index contributed by atoms with van der Waals surface area (Å²) in [6.45, 7) is 0. The monoisotopic (exact) mass is 354 g/mol. The fourth-order valence-corrected chi connectivity index (χ4v) is 2.77. The lowest BCUT2D eigenvalue weighted by Gasteiger charge is -2.05. The summed E-state index contributed by atoms with van der Waals surface area (Å²) in [6.07, 6.45) is 1.53. The molecule has 2 heterocycles. The van der Waals surface area contributed by atoms with Gasteiger partial charge >= 0.3 is 0 Å². The molecule has 1 aromatic carbocycles. The maximum Gasteiger partial charge on any atom is 0.240 e. The molecule has 0 fully saturated rings. The van der Waals surface area contributed by atoms with Crippen LogP contribution >= 0.6 is 33.9 Å². The number of hydrogen-bond acceptors (Lipinski definition) is 4. The molecule has 17 heavy (non-hydrogen) atoms. The average molecular weight is 354 g/mol. The molecule has 0 aliphatic carbocycles. The second-order valence-electron chi connectivity index (χ2n) is 3.37. The topological polar surface area (TPSA) is 35.0 Å². The second kappa shape index (κ2) is 4.58. The molecule has 2 aromatic heterocycles. The van der Waals surface area contributed by atoms with Gasteiger partial charge in [-0.2, -0.15) is 0 Å². The van der Waals surface area contributed by atoms with E-state index in [0.29, 0.717) is 5.88 Å². The van der Waals surface area contributed by atoms with Crippen LogP contribution < -0.4 is 4.74 Å². The smallest absolute Gasteiger partial charge is 0.240 e. The van der Waals surface area contributed by atoms with Crippen LogP contribution in [0.1, 0.15) is 0 Å². The summed E-state index contributed by atoms with van der Waals surface area (Å²) in [7, 11) is 0. The molecule has 0 atom stereocenters. The van der Waals surface area contributed by atoms with Crippen molar-refractivity contribution in [3.05, 3.63) is 45.6 Å². The molecule has 0 bridgehead atoms. The summed E-state index contributed by atoms with van der Waals surface area (Å²) >= 11 is 3.84. The van der Waals surface area contributed by atoms with E-state index < -0.39 is 0 Å². The molecule has 0 unspecified atom stereocenters. The number of hydrogen-bond donors (Lipinski definition) is 0. The van der Waals surface area contributed by atoms with Crippen molar-refractivity contribution >= 4 is 44.1 Å². The first-order valence-electron chi connectivity index (χ1n) is 4.94. The normalized spacial score (nSPS) is 10.6. The van der Waals surface area contributed by atoms with Gasteiger partial charge in [0, 0.05) is 3.57 Å². The maximum atomic E-state index is 5.79. The largest absolute Gasteiger partial charge is 0.437 e. The number of aromatic nitrogens is 2. The van der Waals surface area contributed by atoms with Crippen molar-refractivity contribution in [2.75, 3.05) is 0 Å². The van der Waals surface area contributed by atoms with Gasteiger partial charge in [-0.3, -0.25) is 0 Å². The lowest BCUT2D eigenvalue weighted by Crippen LogP contribution is -1.89. The Morgan fingerprint density at radius 3 is 3.00 bits per heavy atom. The highest BCUT2D eigenvalue weighted by molar-refractivity contribution is 14.1. The van der Waals surface area contributed by atoms with Crippen molar-refractivity contribution in [3.63, 3.8) is 0 Å².